The summed E-state index contributed by atoms with van der Waals surface area (Å²) in [6.07, 6.45) is 1.05. The quantitative estimate of drug-likeness (QED) is 0.384. The van der Waals surface area contributed by atoms with E-state index in [0.717, 1.165) is 57.5 Å². The van der Waals surface area contributed by atoms with E-state index in [0.29, 0.717) is 6.79 Å². The first-order chi connectivity index (χ1) is 14.1. The normalized spacial score (nSPS) is 16.5. The molecule has 3 aromatic rings. The fraction of sp³-hybridized carbons (Fsp3) is 0.250. The Morgan fingerprint density at radius 1 is 0.724 bits per heavy atom. The van der Waals surface area contributed by atoms with Gasteiger partial charge in [-0.25, -0.2) is 0 Å². The molecule has 2 aliphatic rings. The average Bonchev–Trinajstić information content (AvgIpc) is 3.17. The Balaban J connectivity index is 1.50. The molecule has 5 rings (SSSR count). The first-order valence-corrected chi connectivity index (χ1v) is 11.4. The monoisotopic (exact) mass is 514 g/mol. The maximum Gasteiger partial charge on any atom is 0.231 e. The Labute approximate surface area is 188 Å². The second-order valence-corrected chi connectivity index (χ2v) is 9.85. The molecule has 0 aliphatic carbocycles. The Morgan fingerprint density at radius 2 is 1.24 bits per heavy atom. The summed E-state index contributed by atoms with van der Waals surface area (Å²) < 4.78 is 14.5. The van der Waals surface area contributed by atoms with Crippen LogP contribution in [-0.4, -0.2) is 17.8 Å². The predicted molar refractivity (Wildman–Crippen MR) is 121 cm³/mol. The van der Waals surface area contributed by atoms with Crippen LogP contribution in [-0.2, 0) is 26.1 Å². The lowest BCUT2D eigenvalue weighted by molar-refractivity contribution is -0.967. The van der Waals surface area contributed by atoms with E-state index in [-0.39, 0.29) is 0 Å². The third-order valence-electron chi connectivity index (χ3n) is 5.92. The summed E-state index contributed by atoms with van der Waals surface area (Å²) in [5.74, 6) is 1.78. The average molecular weight is 516 g/mol. The molecule has 29 heavy (non-hydrogen) atoms. The molecule has 3 nitrogen and oxygen atoms in total. The zero-order valence-corrected chi connectivity index (χ0v) is 19.2. The van der Waals surface area contributed by atoms with Crippen LogP contribution in [0.4, 0.5) is 0 Å². The van der Waals surface area contributed by atoms with Crippen LogP contribution < -0.4 is 9.47 Å². The Morgan fingerprint density at radius 3 is 1.79 bits per heavy atom. The summed E-state index contributed by atoms with van der Waals surface area (Å²) in [5.41, 5.74) is 5.52. The summed E-state index contributed by atoms with van der Waals surface area (Å²) in [5, 5.41) is 0. The predicted octanol–water partition coefficient (Wildman–Crippen LogP) is 6.21. The molecule has 0 radical (unpaired) electrons. The largest absolute Gasteiger partial charge is 0.454 e. The molecular weight excluding hydrogens is 494 g/mol. The minimum Gasteiger partial charge on any atom is -0.454 e. The van der Waals surface area contributed by atoms with Gasteiger partial charge in [0.1, 0.15) is 19.6 Å². The first kappa shape index (κ1) is 19.2. The molecule has 0 saturated carbocycles. The van der Waals surface area contributed by atoms with Crippen LogP contribution in [0.2, 0.25) is 0 Å². The summed E-state index contributed by atoms with van der Waals surface area (Å²) in [4.78, 5) is 0. The number of rotatable bonds is 4. The number of nitrogens with zero attached hydrogens (tertiary/aromatic N) is 1. The van der Waals surface area contributed by atoms with Gasteiger partial charge >= 0.3 is 0 Å². The van der Waals surface area contributed by atoms with Crippen LogP contribution >= 0.6 is 31.9 Å². The van der Waals surface area contributed by atoms with Gasteiger partial charge in [-0.05, 0) is 42.0 Å². The molecule has 148 valence electrons. The van der Waals surface area contributed by atoms with Crippen molar-refractivity contribution in [2.45, 2.75) is 26.1 Å². The lowest BCUT2D eigenvalue weighted by Gasteiger charge is -2.42. The Kier molecular flexibility index (Phi) is 5.14. The zero-order valence-electron chi connectivity index (χ0n) is 16.0. The van der Waals surface area contributed by atoms with Gasteiger partial charge in [-0.2, -0.15) is 0 Å². The van der Waals surface area contributed by atoms with E-state index < -0.39 is 0 Å². The highest BCUT2D eigenvalue weighted by Crippen LogP contribution is 2.39. The van der Waals surface area contributed by atoms with Crippen LogP contribution in [0.1, 0.15) is 22.3 Å². The summed E-state index contributed by atoms with van der Waals surface area (Å²) in [7, 11) is 0. The number of hydrogen-bond acceptors (Lipinski definition) is 2. The second kappa shape index (κ2) is 7.78. The maximum absolute atomic E-state index is 5.66. The molecule has 0 unspecified atom stereocenters. The van der Waals surface area contributed by atoms with Crippen molar-refractivity contribution in [1.29, 1.82) is 0 Å². The fourth-order valence-electron chi connectivity index (χ4n) is 4.48. The van der Waals surface area contributed by atoms with Crippen molar-refractivity contribution in [3.05, 3.63) is 91.9 Å². The molecule has 0 N–H and O–H groups in total. The van der Waals surface area contributed by atoms with Crippen LogP contribution in [0, 0.1) is 0 Å². The molecule has 0 saturated heterocycles. The van der Waals surface area contributed by atoms with Crippen LogP contribution in [0.5, 0.6) is 11.5 Å². The molecule has 3 aromatic carbocycles. The number of hydrogen-bond donors (Lipinski definition) is 0. The van der Waals surface area contributed by atoms with Gasteiger partial charge in [-0.1, -0.05) is 56.1 Å². The summed E-state index contributed by atoms with van der Waals surface area (Å²) in [6.45, 7) is 4.46. The SMILES string of the molecule is Brc1ccc(C[N+]2(Cc3ccc(Br)cc3)CCc3cc4c(cc3C2)OCO4)cc1. The van der Waals surface area contributed by atoms with Crippen molar-refractivity contribution >= 4 is 31.9 Å². The van der Waals surface area contributed by atoms with Gasteiger partial charge in [0, 0.05) is 32.1 Å². The van der Waals surface area contributed by atoms with Crippen LogP contribution in [0.25, 0.3) is 0 Å². The highest BCUT2D eigenvalue weighted by Gasteiger charge is 2.35. The molecule has 0 amide bonds. The molecule has 0 aromatic heterocycles. The van der Waals surface area contributed by atoms with E-state index in [1.807, 2.05) is 0 Å². The fourth-order valence-corrected chi connectivity index (χ4v) is 5.01. The van der Waals surface area contributed by atoms with E-state index in [1.165, 1.54) is 22.3 Å². The van der Waals surface area contributed by atoms with Gasteiger partial charge in [0.05, 0.1) is 6.54 Å². The van der Waals surface area contributed by atoms with Crippen molar-refractivity contribution in [3.8, 4) is 11.5 Å². The van der Waals surface area contributed by atoms with Gasteiger partial charge in [0.2, 0.25) is 6.79 Å². The number of benzene rings is 3. The van der Waals surface area contributed by atoms with E-state index in [1.54, 1.807) is 0 Å². The molecule has 2 heterocycles. The second-order valence-electron chi connectivity index (χ2n) is 8.02. The van der Waals surface area contributed by atoms with E-state index in [4.69, 9.17) is 9.47 Å². The number of fused-ring (bicyclic) bond motifs is 2. The van der Waals surface area contributed by atoms with Gasteiger partial charge in [-0.3, -0.25) is 0 Å². The molecule has 0 atom stereocenters. The molecule has 0 spiro atoms. The first-order valence-electron chi connectivity index (χ1n) is 9.84. The van der Waals surface area contributed by atoms with Gasteiger partial charge in [0.15, 0.2) is 11.5 Å². The zero-order chi connectivity index (χ0) is 19.8. The lowest BCUT2D eigenvalue weighted by atomic mass is 9.95. The van der Waals surface area contributed by atoms with Crippen molar-refractivity contribution in [1.82, 2.24) is 0 Å². The third-order valence-corrected chi connectivity index (χ3v) is 6.98. The molecule has 5 heteroatoms. The van der Waals surface area contributed by atoms with Gasteiger partial charge < -0.3 is 14.0 Å². The lowest BCUT2D eigenvalue weighted by Crippen LogP contribution is -2.49. The van der Waals surface area contributed by atoms with Gasteiger partial charge in [0.25, 0.3) is 0 Å². The maximum atomic E-state index is 5.66. The van der Waals surface area contributed by atoms with Crippen molar-refractivity contribution in [2.75, 3.05) is 13.3 Å². The summed E-state index contributed by atoms with van der Waals surface area (Å²) >= 11 is 7.12. The van der Waals surface area contributed by atoms with Crippen molar-refractivity contribution in [2.24, 2.45) is 0 Å². The highest BCUT2D eigenvalue weighted by molar-refractivity contribution is 9.10. The summed E-state index contributed by atoms with van der Waals surface area (Å²) in [6, 6.07) is 21.9. The number of halogens is 2. The van der Waals surface area contributed by atoms with Crippen molar-refractivity contribution < 1.29 is 14.0 Å². The molecule has 0 fully saturated rings. The Bertz CT molecular complexity index is 984. The molecule has 0 bridgehead atoms. The minimum atomic E-state index is 0.329. The van der Waals surface area contributed by atoms with E-state index in [2.05, 4.69) is 92.5 Å². The number of quaternary nitrogens is 1. The van der Waals surface area contributed by atoms with E-state index >= 15 is 0 Å². The van der Waals surface area contributed by atoms with Crippen molar-refractivity contribution in [3.63, 3.8) is 0 Å². The van der Waals surface area contributed by atoms with Crippen LogP contribution in [0.15, 0.2) is 69.6 Å². The van der Waals surface area contributed by atoms with Gasteiger partial charge in [-0.15, -0.1) is 0 Å². The third kappa shape index (κ3) is 4.09. The molecule has 2 aliphatic heterocycles. The Hall–Kier alpha value is -1.82. The minimum absolute atomic E-state index is 0.329. The van der Waals surface area contributed by atoms with Crippen LogP contribution in [0.3, 0.4) is 0 Å². The molecular formula is C24H22Br2NO2+. The smallest absolute Gasteiger partial charge is 0.231 e. The topological polar surface area (TPSA) is 18.5 Å². The van der Waals surface area contributed by atoms with E-state index in [9.17, 15) is 0 Å². The highest BCUT2D eigenvalue weighted by atomic mass is 79.9. The standard InChI is InChI=1S/C24H22Br2NO2/c25-21-5-1-17(2-6-21)13-27(14-18-3-7-22(26)8-4-18)10-9-19-11-23-24(29-16-28-23)12-20(19)15-27/h1-8,11-12H,9-10,13-16H2/q+1. The number of ether oxygens (including phenoxy) is 2.